The summed E-state index contributed by atoms with van der Waals surface area (Å²) in [6, 6.07) is 7.02. The van der Waals surface area contributed by atoms with Crippen LogP contribution >= 0.6 is 0 Å². The van der Waals surface area contributed by atoms with Crippen LogP contribution in [0.25, 0.3) is 0 Å². The highest BCUT2D eigenvalue weighted by molar-refractivity contribution is 6.02. The van der Waals surface area contributed by atoms with Gasteiger partial charge in [0.25, 0.3) is 0 Å². The normalized spacial score (nSPS) is 12.0. The van der Waals surface area contributed by atoms with Crippen LogP contribution in [0, 0.1) is 27.7 Å². The van der Waals surface area contributed by atoms with Crippen LogP contribution in [0.1, 0.15) is 50.3 Å². The second-order valence-corrected chi connectivity index (χ2v) is 5.57. The minimum atomic E-state index is -0.862. The highest BCUT2D eigenvalue weighted by Gasteiger charge is 2.23. The Morgan fingerprint density at radius 2 is 1.64 bits per heavy atom. The monoisotopic (exact) mass is 300 g/mol. The summed E-state index contributed by atoms with van der Waals surface area (Å²) in [5.41, 5.74) is 3.63. The Hall–Kier alpha value is -2.36. The van der Waals surface area contributed by atoms with Crippen molar-refractivity contribution in [3.05, 3.63) is 58.0 Å². The molecule has 1 heterocycles. The van der Waals surface area contributed by atoms with Gasteiger partial charge in [-0.3, -0.25) is 4.79 Å². The molecule has 4 heteroatoms. The zero-order chi connectivity index (χ0) is 16.4. The van der Waals surface area contributed by atoms with E-state index in [1.54, 1.807) is 19.9 Å². The Labute approximate surface area is 130 Å². The lowest BCUT2D eigenvalue weighted by Gasteiger charge is -2.14. The maximum atomic E-state index is 12.5. The summed E-state index contributed by atoms with van der Waals surface area (Å²) in [6.45, 7) is 9.14. The van der Waals surface area contributed by atoms with Crippen molar-refractivity contribution < 1.29 is 18.7 Å². The molecule has 1 aromatic carbocycles. The molecule has 0 amide bonds. The number of esters is 1. The first-order chi connectivity index (χ1) is 10.3. The van der Waals surface area contributed by atoms with Crippen LogP contribution in [0.4, 0.5) is 0 Å². The largest absolute Gasteiger partial charge is 0.454 e. The first kappa shape index (κ1) is 16.0. The Morgan fingerprint density at radius 3 is 2.23 bits per heavy atom. The molecule has 1 aromatic heterocycles. The molecule has 0 unspecified atom stereocenters. The van der Waals surface area contributed by atoms with E-state index in [1.165, 1.54) is 6.07 Å². The minimum Gasteiger partial charge on any atom is -0.454 e. The van der Waals surface area contributed by atoms with Crippen molar-refractivity contribution in [2.75, 3.05) is 0 Å². The van der Waals surface area contributed by atoms with Gasteiger partial charge in [0.05, 0.1) is 0 Å². The lowest BCUT2D eigenvalue weighted by atomic mass is 9.96. The number of carbonyl (C=O) groups excluding carboxylic acids is 2. The van der Waals surface area contributed by atoms with Gasteiger partial charge < -0.3 is 9.15 Å². The summed E-state index contributed by atoms with van der Waals surface area (Å²) in [6.07, 6.45) is -0.862. The van der Waals surface area contributed by atoms with E-state index in [0.29, 0.717) is 11.3 Å². The second-order valence-electron chi connectivity index (χ2n) is 5.57. The van der Waals surface area contributed by atoms with E-state index >= 15 is 0 Å². The number of rotatable bonds is 4. The third-order valence-corrected chi connectivity index (χ3v) is 3.70. The van der Waals surface area contributed by atoms with Gasteiger partial charge in [0.2, 0.25) is 11.5 Å². The van der Waals surface area contributed by atoms with Crippen molar-refractivity contribution >= 4 is 11.8 Å². The molecule has 0 saturated carbocycles. The summed E-state index contributed by atoms with van der Waals surface area (Å²) < 4.78 is 10.4. The highest BCUT2D eigenvalue weighted by Crippen LogP contribution is 2.18. The standard InChI is InChI=1S/C18H20O4/c1-10-8-12(3)15(9-11(10)2)17(19)14(5)22-18(20)16-7-6-13(4)21-16/h6-9,14H,1-5H3/t14-/m1/s1. The number of benzene rings is 1. The average Bonchev–Trinajstić information content (AvgIpc) is 2.88. The molecule has 0 radical (unpaired) electrons. The molecule has 22 heavy (non-hydrogen) atoms. The SMILES string of the molecule is Cc1ccc(C(=O)O[C@H](C)C(=O)c2cc(C)c(C)cc2C)o1. The maximum Gasteiger partial charge on any atom is 0.374 e. The van der Waals surface area contributed by atoms with Crippen molar-refractivity contribution in [1.82, 2.24) is 0 Å². The van der Waals surface area contributed by atoms with Crippen LogP contribution in [0.3, 0.4) is 0 Å². The predicted molar refractivity (Wildman–Crippen MR) is 83.3 cm³/mol. The summed E-state index contributed by atoms with van der Waals surface area (Å²) in [5, 5.41) is 0. The molecule has 0 aliphatic heterocycles. The highest BCUT2D eigenvalue weighted by atomic mass is 16.6. The summed E-state index contributed by atoms with van der Waals surface area (Å²) >= 11 is 0. The van der Waals surface area contributed by atoms with Gasteiger partial charge in [0.1, 0.15) is 5.76 Å². The molecule has 0 bridgehead atoms. The van der Waals surface area contributed by atoms with Crippen LogP contribution in [-0.2, 0) is 4.74 Å². The van der Waals surface area contributed by atoms with E-state index in [2.05, 4.69) is 0 Å². The molecular weight excluding hydrogens is 280 g/mol. The van der Waals surface area contributed by atoms with Crippen molar-refractivity contribution in [3.63, 3.8) is 0 Å². The van der Waals surface area contributed by atoms with Crippen LogP contribution in [0.2, 0.25) is 0 Å². The summed E-state index contributed by atoms with van der Waals surface area (Å²) in [5.74, 6) is -0.113. The smallest absolute Gasteiger partial charge is 0.374 e. The molecule has 0 saturated heterocycles. The molecule has 0 N–H and O–H groups in total. The van der Waals surface area contributed by atoms with E-state index in [0.717, 1.165) is 16.7 Å². The fourth-order valence-corrected chi connectivity index (χ4v) is 2.26. The summed E-state index contributed by atoms with van der Waals surface area (Å²) in [7, 11) is 0. The Bertz CT molecular complexity index is 725. The van der Waals surface area contributed by atoms with Crippen molar-refractivity contribution in [2.45, 2.75) is 40.7 Å². The topological polar surface area (TPSA) is 56.5 Å². The van der Waals surface area contributed by atoms with Crippen molar-refractivity contribution in [2.24, 2.45) is 0 Å². The summed E-state index contributed by atoms with van der Waals surface area (Å²) in [4.78, 5) is 24.4. The van der Waals surface area contributed by atoms with Crippen LogP contribution in [0.5, 0.6) is 0 Å². The lowest BCUT2D eigenvalue weighted by Crippen LogP contribution is -2.25. The van der Waals surface area contributed by atoms with Gasteiger partial charge in [-0.15, -0.1) is 0 Å². The van der Waals surface area contributed by atoms with Gasteiger partial charge in [-0.25, -0.2) is 4.79 Å². The van der Waals surface area contributed by atoms with Gasteiger partial charge in [-0.05, 0) is 69.5 Å². The van der Waals surface area contributed by atoms with E-state index in [9.17, 15) is 9.59 Å². The minimum absolute atomic E-state index is 0.106. The molecule has 2 aromatic rings. The quantitative estimate of drug-likeness (QED) is 0.634. The number of hydrogen-bond acceptors (Lipinski definition) is 4. The maximum absolute atomic E-state index is 12.5. The zero-order valence-electron chi connectivity index (χ0n) is 13.5. The van der Waals surface area contributed by atoms with E-state index in [-0.39, 0.29) is 11.5 Å². The van der Waals surface area contributed by atoms with Gasteiger partial charge in [-0.1, -0.05) is 6.07 Å². The fourth-order valence-electron chi connectivity index (χ4n) is 2.26. The third-order valence-electron chi connectivity index (χ3n) is 3.70. The molecule has 2 rings (SSSR count). The number of carbonyl (C=O) groups is 2. The molecule has 0 spiro atoms. The lowest BCUT2D eigenvalue weighted by molar-refractivity contribution is 0.0288. The number of furan rings is 1. The number of hydrogen-bond donors (Lipinski definition) is 0. The Balaban J connectivity index is 2.16. The Kier molecular flexibility index (Phi) is 4.50. The number of ketones is 1. The van der Waals surface area contributed by atoms with Gasteiger partial charge in [0, 0.05) is 5.56 Å². The van der Waals surface area contributed by atoms with Crippen molar-refractivity contribution in [1.29, 1.82) is 0 Å². The molecule has 0 aliphatic rings. The molecule has 0 fully saturated rings. The first-order valence-corrected chi connectivity index (χ1v) is 7.19. The number of ether oxygens (including phenoxy) is 1. The van der Waals surface area contributed by atoms with Crippen LogP contribution in [-0.4, -0.2) is 17.9 Å². The van der Waals surface area contributed by atoms with Crippen LogP contribution in [0.15, 0.2) is 28.7 Å². The van der Waals surface area contributed by atoms with Gasteiger partial charge >= 0.3 is 5.97 Å². The van der Waals surface area contributed by atoms with E-state index in [1.807, 2.05) is 32.9 Å². The molecule has 116 valence electrons. The number of Topliss-reactive ketones (excluding diaryl/α,β-unsaturated/α-hetero) is 1. The predicted octanol–water partition coefficient (Wildman–Crippen LogP) is 3.94. The van der Waals surface area contributed by atoms with Crippen molar-refractivity contribution in [3.8, 4) is 0 Å². The second kappa shape index (κ2) is 6.18. The molecule has 4 nitrogen and oxygen atoms in total. The molecule has 0 aliphatic carbocycles. The zero-order valence-corrected chi connectivity index (χ0v) is 13.5. The fraction of sp³-hybridized carbons (Fsp3) is 0.333. The molecule has 1 atom stereocenters. The van der Waals surface area contributed by atoms with E-state index < -0.39 is 12.1 Å². The first-order valence-electron chi connectivity index (χ1n) is 7.19. The number of aryl methyl sites for hydroxylation is 4. The van der Waals surface area contributed by atoms with Gasteiger partial charge in [0.15, 0.2) is 6.10 Å². The Morgan fingerprint density at radius 1 is 1.00 bits per heavy atom. The third kappa shape index (κ3) is 3.27. The molecular formula is C18H20O4. The average molecular weight is 300 g/mol. The van der Waals surface area contributed by atoms with E-state index in [4.69, 9.17) is 9.15 Å². The van der Waals surface area contributed by atoms with Crippen LogP contribution < -0.4 is 0 Å². The van der Waals surface area contributed by atoms with Gasteiger partial charge in [-0.2, -0.15) is 0 Å².